The number of nitrogens with one attached hydrogen (secondary N) is 1. The second kappa shape index (κ2) is 5.52. The summed E-state index contributed by atoms with van der Waals surface area (Å²) in [6, 6.07) is 1.59. The van der Waals surface area contributed by atoms with Crippen LogP contribution in [-0.4, -0.2) is 71.9 Å². The average Bonchev–Trinajstić information content (AvgIpc) is 2.84. The summed E-state index contributed by atoms with van der Waals surface area (Å²) in [5.41, 5.74) is 0.484. The Kier molecular flexibility index (Phi) is 3.99. The SMILES string of the molecule is CN(C)C(=O)N1CCN(C(=O)c2cc(Cl)c[nH]2)CC1. The zero-order valence-electron chi connectivity index (χ0n) is 11.0. The number of halogens is 1. The lowest BCUT2D eigenvalue weighted by molar-refractivity contribution is 0.0645. The predicted molar refractivity (Wildman–Crippen MR) is 72.4 cm³/mol. The van der Waals surface area contributed by atoms with Crippen molar-refractivity contribution in [2.45, 2.75) is 0 Å². The van der Waals surface area contributed by atoms with Crippen molar-refractivity contribution >= 4 is 23.5 Å². The van der Waals surface area contributed by atoms with Crippen LogP contribution >= 0.6 is 11.6 Å². The van der Waals surface area contributed by atoms with E-state index in [1.807, 2.05) is 0 Å². The Morgan fingerprint density at radius 2 is 1.79 bits per heavy atom. The molecule has 0 atom stereocenters. The van der Waals surface area contributed by atoms with E-state index >= 15 is 0 Å². The van der Waals surface area contributed by atoms with Crippen molar-refractivity contribution in [3.8, 4) is 0 Å². The molecule has 1 saturated heterocycles. The molecule has 0 aromatic carbocycles. The molecule has 2 rings (SSSR count). The summed E-state index contributed by atoms with van der Waals surface area (Å²) in [4.78, 5) is 31.8. The molecular weight excluding hydrogens is 268 g/mol. The third kappa shape index (κ3) is 3.01. The molecule has 0 spiro atoms. The van der Waals surface area contributed by atoms with Gasteiger partial charge in [-0.2, -0.15) is 0 Å². The Labute approximate surface area is 116 Å². The van der Waals surface area contributed by atoms with Gasteiger partial charge in [0.2, 0.25) is 0 Å². The minimum absolute atomic E-state index is 0.0185. The predicted octanol–water partition coefficient (Wildman–Crippen LogP) is 1.11. The number of aromatic amines is 1. The van der Waals surface area contributed by atoms with Crippen molar-refractivity contribution < 1.29 is 9.59 Å². The minimum Gasteiger partial charge on any atom is -0.356 e. The minimum atomic E-state index is -0.0798. The lowest BCUT2D eigenvalue weighted by Crippen LogP contribution is -2.52. The van der Waals surface area contributed by atoms with Crippen molar-refractivity contribution in [1.82, 2.24) is 19.7 Å². The van der Waals surface area contributed by atoms with Gasteiger partial charge in [0.1, 0.15) is 5.69 Å². The van der Waals surface area contributed by atoms with Gasteiger partial charge in [0.05, 0.1) is 5.02 Å². The van der Waals surface area contributed by atoms with E-state index in [4.69, 9.17) is 11.6 Å². The molecular formula is C12H17ClN4O2. The Balaban J connectivity index is 1.93. The summed E-state index contributed by atoms with van der Waals surface area (Å²) in [6.07, 6.45) is 1.58. The van der Waals surface area contributed by atoms with Crippen molar-refractivity contribution in [1.29, 1.82) is 0 Å². The van der Waals surface area contributed by atoms with Gasteiger partial charge < -0.3 is 19.7 Å². The van der Waals surface area contributed by atoms with Gasteiger partial charge in [0.25, 0.3) is 5.91 Å². The van der Waals surface area contributed by atoms with Crippen LogP contribution in [-0.2, 0) is 0 Å². The van der Waals surface area contributed by atoms with Crippen molar-refractivity contribution in [3.05, 3.63) is 23.0 Å². The van der Waals surface area contributed by atoms with Gasteiger partial charge in [-0.1, -0.05) is 11.6 Å². The first kappa shape index (κ1) is 13.7. The fourth-order valence-corrected chi connectivity index (χ4v) is 2.21. The van der Waals surface area contributed by atoms with Crippen LogP contribution in [0, 0.1) is 0 Å². The summed E-state index contributed by atoms with van der Waals surface area (Å²) < 4.78 is 0. The molecule has 7 heteroatoms. The van der Waals surface area contributed by atoms with Crippen molar-refractivity contribution in [3.63, 3.8) is 0 Å². The normalized spacial score (nSPS) is 15.5. The summed E-state index contributed by atoms with van der Waals surface area (Å²) in [5.74, 6) is -0.0798. The molecule has 1 aromatic heterocycles. The molecule has 0 aliphatic carbocycles. The second-order valence-corrected chi connectivity index (χ2v) is 5.12. The van der Waals surface area contributed by atoms with E-state index in [-0.39, 0.29) is 11.9 Å². The van der Waals surface area contributed by atoms with Gasteiger partial charge in [-0.15, -0.1) is 0 Å². The Morgan fingerprint density at radius 1 is 1.21 bits per heavy atom. The number of hydrogen-bond donors (Lipinski definition) is 1. The van der Waals surface area contributed by atoms with Gasteiger partial charge in [-0.25, -0.2) is 4.79 Å². The number of nitrogens with zero attached hydrogens (tertiary/aromatic N) is 3. The van der Waals surface area contributed by atoms with Crippen molar-refractivity contribution in [2.24, 2.45) is 0 Å². The highest BCUT2D eigenvalue weighted by Crippen LogP contribution is 2.13. The molecule has 1 aromatic rings. The maximum Gasteiger partial charge on any atom is 0.319 e. The van der Waals surface area contributed by atoms with E-state index in [1.54, 1.807) is 41.1 Å². The lowest BCUT2D eigenvalue weighted by Gasteiger charge is -2.35. The van der Waals surface area contributed by atoms with Crippen LogP contribution in [0.15, 0.2) is 12.3 Å². The number of H-pyrrole nitrogens is 1. The third-order valence-corrected chi connectivity index (χ3v) is 3.32. The number of amides is 3. The van der Waals surface area contributed by atoms with Gasteiger partial charge >= 0.3 is 6.03 Å². The molecule has 0 saturated carbocycles. The number of piperazine rings is 1. The topological polar surface area (TPSA) is 59.7 Å². The summed E-state index contributed by atoms with van der Waals surface area (Å²) in [5, 5.41) is 0.518. The average molecular weight is 285 g/mol. The Morgan fingerprint density at radius 3 is 2.26 bits per heavy atom. The second-order valence-electron chi connectivity index (χ2n) is 4.69. The van der Waals surface area contributed by atoms with Crippen LogP contribution in [0.5, 0.6) is 0 Å². The summed E-state index contributed by atoms with van der Waals surface area (Å²) >= 11 is 5.78. The highest BCUT2D eigenvalue weighted by molar-refractivity contribution is 6.30. The highest BCUT2D eigenvalue weighted by atomic mass is 35.5. The number of aromatic nitrogens is 1. The van der Waals surface area contributed by atoms with Crippen LogP contribution < -0.4 is 0 Å². The van der Waals surface area contributed by atoms with Gasteiger partial charge in [-0.05, 0) is 6.07 Å². The van der Waals surface area contributed by atoms with Crippen LogP contribution in [0.2, 0.25) is 5.02 Å². The molecule has 0 unspecified atom stereocenters. The highest BCUT2D eigenvalue weighted by Gasteiger charge is 2.26. The zero-order valence-corrected chi connectivity index (χ0v) is 11.8. The Hall–Kier alpha value is -1.69. The number of carbonyl (C=O) groups is 2. The van der Waals surface area contributed by atoms with Gasteiger partial charge in [0.15, 0.2) is 0 Å². The van der Waals surface area contributed by atoms with E-state index < -0.39 is 0 Å². The summed E-state index contributed by atoms with van der Waals surface area (Å²) in [7, 11) is 3.45. The molecule has 2 heterocycles. The number of rotatable bonds is 1. The molecule has 0 radical (unpaired) electrons. The van der Waals surface area contributed by atoms with E-state index in [2.05, 4.69) is 4.98 Å². The molecule has 3 amide bonds. The molecule has 1 aliphatic rings. The first-order valence-electron chi connectivity index (χ1n) is 6.08. The zero-order chi connectivity index (χ0) is 14.0. The van der Waals surface area contributed by atoms with Gasteiger partial charge in [-0.3, -0.25) is 4.79 Å². The molecule has 1 aliphatic heterocycles. The van der Waals surface area contributed by atoms with Crippen LogP contribution in [0.1, 0.15) is 10.5 Å². The quantitative estimate of drug-likeness (QED) is 0.840. The third-order valence-electron chi connectivity index (χ3n) is 3.10. The monoisotopic (exact) mass is 284 g/mol. The first-order chi connectivity index (χ1) is 8.99. The lowest BCUT2D eigenvalue weighted by atomic mass is 10.3. The van der Waals surface area contributed by atoms with E-state index in [9.17, 15) is 9.59 Å². The molecule has 6 nitrogen and oxygen atoms in total. The maximum absolute atomic E-state index is 12.1. The van der Waals surface area contributed by atoms with Crippen LogP contribution in [0.3, 0.4) is 0 Å². The molecule has 1 fully saturated rings. The smallest absolute Gasteiger partial charge is 0.319 e. The van der Waals surface area contributed by atoms with E-state index in [1.165, 1.54) is 0 Å². The largest absolute Gasteiger partial charge is 0.356 e. The molecule has 1 N–H and O–H groups in total. The van der Waals surface area contributed by atoms with Crippen molar-refractivity contribution in [2.75, 3.05) is 40.3 Å². The maximum atomic E-state index is 12.1. The van der Waals surface area contributed by atoms with Crippen LogP contribution in [0.25, 0.3) is 0 Å². The number of urea groups is 1. The summed E-state index contributed by atoms with van der Waals surface area (Å²) in [6.45, 7) is 2.18. The molecule has 19 heavy (non-hydrogen) atoms. The number of hydrogen-bond acceptors (Lipinski definition) is 2. The van der Waals surface area contributed by atoms with Gasteiger partial charge in [0, 0.05) is 46.5 Å². The number of carbonyl (C=O) groups excluding carboxylic acids is 2. The standard InChI is InChI=1S/C12H17ClN4O2/c1-15(2)12(19)17-5-3-16(4-6-17)11(18)10-7-9(13)8-14-10/h7-8,14H,3-6H2,1-2H3. The Bertz CT molecular complexity index is 478. The van der Waals surface area contributed by atoms with E-state index in [0.29, 0.717) is 36.9 Å². The fraction of sp³-hybridized carbons (Fsp3) is 0.500. The van der Waals surface area contributed by atoms with Crippen LogP contribution in [0.4, 0.5) is 4.79 Å². The molecule has 104 valence electrons. The molecule has 0 bridgehead atoms. The van der Waals surface area contributed by atoms with E-state index in [0.717, 1.165) is 0 Å². The fourth-order valence-electron chi connectivity index (χ4n) is 2.05. The first-order valence-corrected chi connectivity index (χ1v) is 6.46.